The Morgan fingerprint density at radius 3 is 2.27 bits per heavy atom. The minimum Gasteiger partial charge on any atom is -0.325 e. The van der Waals surface area contributed by atoms with Gasteiger partial charge in [0, 0.05) is 17.9 Å². The highest BCUT2D eigenvalue weighted by molar-refractivity contribution is 6.02. The van der Waals surface area contributed by atoms with E-state index in [4.69, 9.17) is 0 Å². The Kier molecular flexibility index (Phi) is 5.27. The quantitative estimate of drug-likeness (QED) is 0.739. The summed E-state index contributed by atoms with van der Waals surface area (Å²) in [7, 11) is 0. The zero-order chi connectivity index (χ0) is 18.5. The summed E-state index contributed by atoms with van der Waals surface area (Å²) in [6.07, 6.45) is 3.14. The number of aromatic nitrogens is 2. The molecule has 2 aromatic carbocycles. The van der Waals surface area contributed by atoms with Crippen LogP contribution in [0.1, 0.15) is 28.5 Å². The number of nitrogens with one attached hydrogen (secondary N) is 1. The monoisotopic (exact) mass is 346 g/mol. The van der Waals surface area contributed by atoms with Gasteiger partial charge in [0.2, 0.25) is 0 Å². The second-order valence-electron chi connectivity index (χ2n) is 6.17. The summed E-state index contributed by atoms with van der Waals surface area (Å²) >= 11 is 0. The number of nitrogens with zero attached hydrogens (tertiary/aromatic N) is 3. The molecule has 0 saturated heterocycles. The van der Waals surface area contributed by atoms with Crippen LogP contribution in [0.4, 0.5) is 17.2 Å². The lowest BCUT2D eigenvalue weighted by Gasteiger charge is -2.21. The molecule has 0 bridgehead atoms. The SMILES string of the molecule is CCN(c1ccccc1)c1cnc(C(=O)Nc2cc(C)cc(C)c2)cn1. The Balaban J connectivity index is 1.77. The van der Waals surface area contributed by atoms with Crippen LogP contribution in [0, 0.1) is 13.8 Å². The predicted molar refractivity (Wildman–Crippen MR) is 105 cm³/mol. The standard InChI is InChI=1S/C21H22N4O/c1-4-25(18-8-6-5-7-9-18)20-14-22-19(13-23-20)21(26)24-17-11-15(2)10-16(3)12-17/h5-14H,4H2,1-3H3,(H,24,26). The van der Waals surface area contributed by atoms with Crippen molar-refractivity contribution in [1.82, 2.24) is 9.97 Å². The first kappa shape index (κ1) is 17.6. The zero-order valence-corrected chi connectivity index (χ0v) is 15.2. The lowest BCUT2D eigenvalue weighted by molar-refractivity contribution is 0.102. The number of carbonyl (C=O) groups excluding carboxylic acids is 1. The van der Waals surface area contributed by atoms with Crippen LogP contribution in [0.2, 0.25) is 0 Å². The Morgan fingerprint density at radius 2 is 1.69 bits per heavy atom. The number of hydrogen-bond donors (Lipinski definition) is 1. The fraction of sp³-hybridized carbons (Fsp3) is 0.190. The molecule has 0 atom stereocenters. The van der Waals surface area contributed by atoms with Gasteiger partial charge >= 0.3 is 0 Å². The lowest BCUT2D eigenvalue weighted by Crippen LogP contribution is -2.19. The molecule has 0 radical (unpaired) electrons. The number of anilines is 3. The van der Waals surface area contributed by atoms with Crippen molar-refractivity contribution in [3.8, 4) is 0 Å². The van der Waals surface area contributed by atoms with E-state index in [-0.39, 0.29) is 11.6 Å². The van der Waals surface area contributed by atoms with E-state index in [0.29, 0.717) is 5.82 Å². The number of amides is 1. The topological polar surface area (TPSA) is 58.1 Å². The largest absolute Gasteiger partial charge is 0.325 e. The number of carbonyl (C=O) groups is 1. The first-order valence-electron chi connectivity index (χ1n) is 8.61. The van der Waals surface area contributed by atoms with Gasteiger partial charge in [-0.15, -0.1) is 0 Å². The summed E-state index contributed by atoms with van der Waals surface area (Å²) in [4.78, 5) is 23.2. The van der Waals surface area contributed by atoms with Crippen LogP contribution < -0.4 is 10.2 Å². The van der Waals surface area contributed by atoms with Gasteiger partial charge in [0.15, 0.2) is 5.82 Å². The Bertz CT molecular complexity index is 871. The highest BCUT2D eigenvalue weighted by Gasteiger charge is 2.12. The number of aryl methyl sites for hydroxylation is 2. The first-order valence-corrected chi connectivity index (χ1v) is 8.61. The molecule has 3 rings (SSSR count). The van der Waals surface area contributed by atoms with Crippen LogP contribution >= 0.6 is 0 Å². The van der Waals surface area contributed by atoms with Crippen LogP contribution in [-0.4, -0.2) is 22.4 Å². The van der Waals surface area contributed by atoms with Crippen LogP contribution in [0.15, 0.2) is 60.9 Å². The molecule has 5 heteroatoms. The summed E-state index contributed by atoms with van der Waals surface area (Å²) in [5, 5.41) is 2.88. The molecular formula is C21H22N4O. The molecule has 0 spiro atoms. The number of para-hydroxylation sites is 1. The van der Waals surface area contributed by atoms with E-state index in [1.54, 1.807) is 6.20 Å². The molecule has 0 aliphatic carbocycles. The third-order valence-electron chi connectivity index (χ3n) is 4.01. The minimum absolute atomic E-state index is 0.267. The second-order valence-corrected chi connectivity index (χ2v) is 6.17. The van der Waals surface area contributed by atoms with Gasteiger partial charge in [-0.2, -0.15) is 0 Å². The van der Waals surface area contributed by atoms with Crippen molar-refractivity contribution >= 4 is 23.1 Å². The number of hydrogen-bond acceptors (Lipinski definition) is 4. The molecule has 0 fully saturated rings. The Morgan fingerprint density at radius 1 is 1.00 bits per heavy atom. The molecule has 1 N–H and O–H groups in total. The first-order chi connectivity index (χ1) is 12.6. The van der Waals surface area contributed by atoms with Crippen molar-refractivity contribution < 1.29 is 4.79 Å². The minimum atomic E-state index is -0.267. The van der Waals surface area contributed by atoms with Crippen LogP contribution in [0.5, 0.6) is 0 Å². The molecule has 1 amide bonds. The van der Waals surface area contributed by atoms with Crippen LogP contribution in [0.25, 0.3) is 0 Å². The van der Waals surface area contributed by atoms with Crippen molar-refractivity contribution in [1.29, 1.82) is 0 Å². The highest BCUT2D eigenvalue weighted by atomic mass is 16.1. The van der Waals surface area contributed by atoms with Gasteiger partial charge < -0.3 is 10.2 Å². The molecule has 132 valence electrons. The molecule has 1 heterocycles. The van der Waals surface area contributed by atoms with Crippen molar-refractivity contribution in [2.45, 2.75) is 20.8 Å². The summed E-state index contributed by atoms with van der Waals surface area (Å²) < 4.78 is 0. The highest BCUT2D eigenvalue weighted by Crippen LogP contribution is 2.22. The van der Waals surface area contributed by atoms with Crippen LogP contribution in [-0.2, 0) is 0 Å². The molecule has 0 unspecified atom stereocenters. The van der Waals surface area contributed by atoms with E-state index in [1.165, 1.54) is 6.20 Å². The predicted octanol–water partition coefficient (Wildman–Crippen LogP) is 4.50. The van der Waals surface area contributed by atoms with Gasteiger partial charge in [-0.3, -0.25) is 4.79 Å². The van der Waals surface area contributed by atoms with Crippen LogP contribution in [0.3, 0.4) is 0 Å². The van der Waals surface area contributed by atoms with Gasteiger partial charge in [0.1, 0.15) is 5.69 Å². The van der Waals surface area contributed by atoms with Gasteiger partial charge in [0.05, 0.1) is 12.4 Å². The van der Waals surface area contributed by atoms with Gasteiger partial charge in [0.25, 0.3) is 5.91 Å². The summed E-state index contributed by atoms with van der Waals surface area (Å²) in [6.45, 7) is 6.81. The van der Waals surface area contributed by atoms with Gasteiger partial charge in [-0.05, 0) is 56.2 Å². The maximum Gasteiger partial charge on any atom is 0.275 e. The molecule has 0 aliphatic rings. The van der Waals surface area contributed by atoms with E-state index in [0.717, 1.165) is 29.0 Å². The van der Waals surface area contributed by atoms with E-state index in [2.05, 4.69) is 28.3 Å². The van der Waals surface area contributed by atoms with Crippen molar-refractivity contribution in [3.05, 3.63) is 77.7 Å². The van der Waals surface area contributed by atoms with E-state index in [9.17, 15) is 4.79 Å². The van der Waals surface area contributed by atoms with Gasteiger partial charge in [-0.1, -0.05) is 24.3 Å². The maximum atomic E-state index is 12.4. The normalized spacial score (nSPS) is 10.4. The Hall–Kier alpha value is -3.21. The van der Waals surface area contributed by atoms with Crippen molar-refractivity contribution in [3.63, 3.8) is 0 Å². The van der Waals surface area contributed by atoms with E-state index < -0.39 is 0 Å². The lowest BCUT2D eigenvalue weighted by atomic mass is 10.1. The summed E-state index contributed by atoms with van der Waals surface area (Å²) in [5.74, 6) is 0.443. The summed E-state index contributed by atoms with van der Waals surface area (Å²) in [6, 6.07) is 15.9. The third kappa shape index (κ3) is 4.06. The molecule has 26 heavy (non-hydrogen) atoms. The molecular weight excluding hydrogens is 324 g/mol. The second kappa shape index (κ2) is 7.78. The Labute approximate surface area is 153 Å². The molecule has 5 nitrogen and oxygen atoms in total. The van der Waals surface area contributed by atoms with Gasteiger partial charge in [-0.25, -0.2) is 9.97 Å². The van der Waals surface area contributed by atoms with Crippen molar-refractivity contribution in [2.75, 3.05) is 16.8 Å². The average molecular weight is 346 g/mol. The molecule has 0 saturated carbocycles. The number of rotatable bonds is 5. The molecule has 0 aliphatic heterocycles. The molecule has 1 aromatic heterocycles. The fourth-order valence-corrected chi connectivity index (χ4v) is 2.90. The summed E-state index contributed by atoms with van der Waals surface area (Å²) in [5.41, 5.74) is 4.29. The van der Waals surface area contributed by atoms with E-state index in [1.807, 2.05) is 61.2 Å². The zero-order valence-electron chi connectivity index (χ0n) is 15.2. The smallest absolute Gasteiger partial charge is 0.275 e. The average Bonchev–Trinajstić information content (AvgIpc) is 2.63. The fourth-order valence-electron chi connectivity index (χ4n) is 2.90. The third-order valence-corrected chi connectivity index (χ3v) is 4.01. The van der Waals surface area contributed by atoms with E-state index >= 15 is 0 Å². The molecule has 3 aromatic rings. The maximum absolute atomic E-state index is 12.4. The van der Waals surface area contributed by atoms with Crippen molar-refractivity contribution in [2.24, 2.45) is 0 Å². The number of benzene rings is 2.